The molecule has 0 saturated heterocycles. The standard InChI is InChI=1S/C4H10N2O.ClH/c1-3(5)4(7)6-2;/h3H,5H2,1-2H3,(H,6,7);1H/t3-;/m1./s1. The number of carbonyl (C=O) groups is 1. The maximum atomic E-state index is 10.3. The van der Waals surface area contributed by atoms with E-state index in [0.717, 1.165) is 0 Å². The van der Waals surface area contributed by atoms with Gasteiger partial charge in [0, 0.05) is 7.05 Å². The first kappa shape index (κ1) is 10.7. The molecule has 0 aliphatic heterocycles. The van der Waals surface area contributed by atoms with Gasteiger partial charge in [-0.1, -0.05) is 0 Å². The van der Waals surface area contributed by atoms with Crippen LogP contribution in [0.4, 0.5) is 0 Å². The van der Waals surface area contributed by atoms with E-state index in [4.69, 9.17) is 5.73 Å². The molecule has 0 aromatic heterocycles. The maximum Gasteiger partial charge on any atom is 0.236 e. The van der Waals surface area contributed by atoms with Gasteiger partial charge in [0.25, 0.3) is 0 Å². The van der Waals surface area contributed by atoms with E-state index in [9.17, 15) is 4.79 Å². The molecule has 4 heteroatoms. The molecule has 0 spiro atoms. The molecule has 0 aliphatic carbocycles. The Balaban J connectivity index is 0. The normalized spacial score (nSPS) is 11.4. The van der Waals surface area contributed by atoms with E-state index in [2.05, 4.69) is 5.32 Å². The summed E-state index contributed by atoms with van der Waals surface area (Å²) in [6, 6.07) is -0.384. The van der Waals surface area contributed by atoms with Gasteiger partial charge >= 0.3 is 0 Å². The molecule has 0 rings (SSSR count). The summed E-state index contributed by atoms with van der Waals surface area (Å²) < 4.78 is 0. The fourth-order valence-corrected chi connectivity index (χ4v) is 0.228. The van der Waals surface area contributed by atoms with Gasteiger partial charge in [-0.05, 0) is 6.92 Å². The summed E-state index contributed by atoms with van der Waals surface area (Å²) in [6.45, 7) is 1.64. The van der Waals surface area contributed by atoms with Crippen molar-refractivity contribution in [1.82, 2.24) is 5.32 Å². The SMILES string of the molecule is CNC(=O)[C@@H](C)N.Cl. The minimum atomic E-state index is -0.384. The Bertz CT molecular complexity index is 74.4. The topological polar surface area (TPSA) is 55.1 Å². The lowest BCUT2D eigenvalue weighted by Crippen LogP contribution is -2.35. The number of nitrogens with two attached hydrogens (primary N) is 1. The fourth-order valence-electron chi connectivity index (χ4n) is 0.228. The van der Waals surface area contributed by atoms with Gasteiger partial charge in [-0.25, -0.2) is 0 Å². The molecule has 0 radical (unpaired) electrons. The van der Waals surface area contributed by atoms with E-state index < -0.39 is 0 Å². The van der Waals surface area contributed by atoms with Crippen molar-refractivity contribution in [2.75, 3.05) is 7.05 Å². The highest BCUT2D eigenvalue weighted by Crippen LogP contribution is 1.69. The number of amides is 1. The van der Waals surface area contributed by atoms with Crippen LogP contribution in [0.2, 0.25) is 0 Å². The highest BCUT2D eigenvalue weighted by atomic mass is 35.5. The lowest BCUT2D eigenvalue weighted by molar-refractivity contribution is -0.121. The van der Waals surface area contributed by atoms with E-state index in [1.807, 2.05) is 0 Å². The first-order valence-corrected chi connectivity index (χ1v) is 2.15. The highest BCUT2D eigenvalue weighted by molar-refractivity contribution is 5.85. The molecule has 1 amide bonds. The Morgan fingerprint density at radius 3 is 2.12 bits per heavy atom. The van der Waals surface area contributed by atoms with E-state index in [0.29, 0.717) is 0 Å². The van der Waals surface area contributed by atoms with Crippen molar-refractivity contribution in [2.24, 2.45) is 5.73 Å². The van der Waals surface area contributed by atoms with Crippen LogP contribution in [-0.2, 0) is 4.79 Å². The molecule has 0 unspecified atom stereocenters. The van der Waals surface area contributed by atoms with Crippen molar-refractivity contribution in [1.29, 1.82) is 0 Å². The van der Waals surface area contributed by atoms with Gasteiger partial charge in [-0.3, -0.25) is 4.79 Å². The largest absolute Gasteiger partial charge is 0.358 e. The third-order valence-electron chi connectivity index (χ3n) is 0.660. The van der Waals surface area contributed by atoms with Gasteiger partial charge < -0.3 is 11.1 Å². The Labute approximate surface area is 55.0 Å². The number of likely N-dealkylation sites (N-methyl/N-ethyl adjacent to an activating group) is 1. The summed E-state index contributed by atoms with van der Waals surface area (Å²) >= 11 is 0. The zero-order valence-electron chi connectivity index (χ0n) is 4.97. The van der Waals surface area contributed by atoms with Crippen molar-refractivity contribution < 1.29 is 4.79 Å². The van der Waals surface area contributed by atoms with Gasteiger partial charge in [-0.15, -0.1) is 12.4 Å². The fraction of sp³-hybridized carbons (Fsp3) is 0.750. The first-order valence-electron chi connectivity index (χ1n) is 2.15. The molecule has 1 atom stereocenters. The van der Waals surface area contributed by atoms with Crippen molar-refractivity contribution in [3.8, 4) is 0 Å². The van der Waals surface area contributed by atoms with E-state index in [1.165, 1.54) is 0 Å². The summed E-state index contributed by atoms with van der Waals surface area (Å²) in [5.41, 5.74) is 5.13. The van der Waals surface area contributed by atoms with Gasteiger partial charge in [-0.2, -0.15) is 0 Å². The molecule has 0 aromatic carbocycles. The Morgan fingerprint density at radius 1 is 1.75 bits per heavy atom. The van der Waals surface area contributed by atoms with Crippen LogP contribution in [0.25, 0.3) is 0 Å². The van der Waals surface area contributed by atoms with Crippen LogP contribution < -0.4 is 11.1 Å². The van der Waals surface area contributed by atoms with Crippen LogP contribution in [0.3, 0.4) is 0 Å². The second-order valence-electron chi connectivity index (χ2n) is 1.40. The zero-order valence-corrected chi connectivity index (χ0v) is 5.79. The van der Waals surface area contributed by atoms with Crippen LogP contribution in [0.15, 0.2) is 0 Å². The molecule has 0 aliphatic rings. The second-order valence-corrected chi connectivity index (χ2v) is 1.40. The lowest BCUT2D eigenvalue weighted by Gasteiger charge is -1.99. The highest BCUT2D eigenvalue weighted by Gasteiger charge is 2.00. The molecule has 8 heavy (non-hydrogen) atoms. The average Bonchev–Trinajstić information content (AvgIpc) is 1.65. The lowest BCUT2D eigenvalue weighted by atomic mass is 10.3. The minimum Gasteiger partial charge on any atom is -0.358 e. The predicted molar refractivity (Wildman–Crippen MR) is 35.0 cm³/mol. The van der Waals surface area contributed by atoms with Crippen LogP contribution >= 0.6 is 12.4 Å². The van der Waals surface area contributed by atoms with Crippen molar-refractivity contribution in [3.63, 3.8) is 0 Å². The van der Waals surface area contributed by atoms with Gasteiger partial charge in [0.2, 0.25) is 5.91 Å². The van der Waals surface area contributed by atoms with Crippen LogP contribution in [-0.4, -0.2) is 19.0 Å². The third-order valence-corrected chi connectivity index (χ3v) is 0.660. The Kier molecular flexibility index (Phi) is 6.48. The van der Waals surface area contributed by atoms with E-state index in [1.54, 1.807) is 14.0 Å². The number of carbonyl (C=O) groups excluding carboxylic acids is 1. The van der Waals surface area contributed by atoms with Crippen molar-refractivity contribution in [2.45, 2.75) is 13.0 Å². The molecule has 0 aromatic rings. The van der Waals surface area contributed by atoms with E-state index in [-0.39, 0.29) is 24.4 Å². The first-order chi connectivity index (χ1) is 3.18. The van der Waals surface area contributed by atoms with Gasteiger partial charge in [0.1, 0.15) is 0 Å². The molecule has 50 valence electrons. The quantitative estimate of drug-likeness (QED) is 0.514. The molecule has 0 bridgehead atoms. The second kappa shape index (κ2) is 4.87. The molecule has 0 heterocycles. The number of halogens is 1. The third kappa shape index (κ3) is 3.89. The molecular weight excluding hydrogens is 128 g/mol. The van der Waals surface area contributed by atoms with Crippen LogP contribution in [0.5, 0.6) is 0 Å². The molecular formula is C4H11ClN2O. The number of hydrogen-bond donors (Lipinski definition) is 2. The summed E-state index contributed by atoms with van der Waals surface area (Å²) in [5.74, 6) is -0.125. The molecule has 3 N–H and O–H groups in total. The number of hydrogen-bond acceptors (Lipinski definition) is 2. The number of rotatable bonds is 1. The summed E-state index contributed by atoms with van der Waals surface area (Å²) in [4.78, 5) is 10.3. The van der Waals surface area contributed by atoms with Crippen LogP contribution in [0, 0.1) is 0 Å². The summed E-state index contributed by atoms with van der Waals surface area (Å²) in [7, 11) is 1.56. The minimum absolute atomic E-state index is 0. The van der Waals surface area contributed by atoms with Gasteiger partial charge in [0.05, 0.1) is 6.04 Å². The molecule has 0 saturated carbocycles. The van der Waals surface area contributed by atoms with Crippen molar-refractivity contribution in [3.05, 3.63) is 0 Å². The zero-order chi connectivity index (χ0) is 5.86. The van der Waals surface area contributed by atoms with Crippen LogP contribution in [0.1, 0.15) is 6.92 Å². The number of nitrogens with one attached hydrogen (secondary N) is 1. The Hall–Kier alpha value is -0.280. The summed E-state index contributed by atoms with van der Waals surface area (Å²) in [6.07, 6.45) is 0. The average molecular weight is 139 g/mol. The van der Waals surface area contributed by atoms with Gasteiger partial charge in [0.15, 0.2) is 0 Å². The Morgan fingerprint density at radius 2 is 2.12 bits per heavy atom. The maximum absolute atomic E-state index is 10.3. The molecule has 0 fully saturated rings. The van der Waals surface area contributed by atoms with Crippen molar-refractivity contribution >= 4 is 18.3 Å². The smallest absolute Gasteiger partial charge is 0.236 e. The predicted octanol–water partition coefficient (Wildman–Crippen LogP) is -0.499. The molecule has 3 nitrogen and oxygen atoms in total. The monoisotopic (exact) mass is 138 g/mol. The van der Waals surface area contributed by atoms with E-state index >= 15 is 0 Å². The summed E-state index contributed by atoms with van der Waals surface area (Å²) in [5, 5.41) is 2.40.